The van der Waals surface area contributed by atoms with Crippen LogP contribution in [0.4, 0.5) is 0 Å². The lowest BCUT2D eigenvalue weighted by Gasteiger charge is -2.40. The van der Waals surface area contributed by atoms with Crippen LogP contribution in [0.25, 0.3) is 5.78 Å². The third-order valence-corrected chi connectivity index (χ3v) is 5.16. The van der Waals surface area contributed by atoms with E-state index in [4.69, 9.17) is 4.74 Å². The minimum absolute atomic E-state index is 0.329. The largest absolute Gasteiger partial charge is 0.384 e. The number of hydrogen-bond donors (Lipinski definition) is 0. The molecule has 0 saturated heterocycles. The Balaban J connectivity index is 1.76. The Labute approximate surface area is 123 Å². The average molecular weight is 292 g/mol. The summed E-state index contributed by atoms with van der Waals surface area (Å²) in [6.45, 7) is 4.85. The molecule has 0 amide bonds. The summed E-state index contributed by atoms with van der Waals surface area (Å²) < 4.78 is 7.18. The molecule has 1 saturated carbocycles. The predicted molar refractivity (Wildman–Crippen MR) is 79.1 cm³/mol. The maximum atomic E-state index is 5.36. The molecule has 0 aliphatic heterocycles. The van der Waals surface area contributed by atoms with E-state index in [1.165, 1.54) is 19.3 Å². The Morgan fingerprint density at radius 3 is 2.80 bits per heavy atom. The van der Waals surface area contributed by atoms with Crippen LogP contribution in [0.1, 0.15) is 30.7 Å². The highest BCUT2D eigenvalue weighted by Gasteiger charge is 2.37. The van der Waals surface area contributed by atoms with E-state index < -0.39 is 0 Å². The van der Waals surface area contributed by atoms with Crippen molar-refractivity contribution in [3.05, 3.63) is 17.5 Å². The molecule has 1 aliphatic rings. The Hall–Kier alpha value is -1.14. The molecular weight excluding hydrogens is 272 g/mol. The summed E-state index contributed by atoms with van der Waals surface area (Å²) >= 11 is 1.72. The predicted octanol–water partition coefficient (Wildman–Crippen LogP) is 2.65. The van der Waals surface area contributed by atoms with Gasteiger partial charge in [0, 0.05) is 29.7 Å². The normalized spacial score (nSPS) is 17.4. The quantitative estimate of drug-likeness (QED) is 0.793. The first kappa shape index (κ1) is 13.8. The molecule has 2 heterocycles. The van der Waals surface area contributed by atoms with Crippen molar-refractivity contribution >= 4 is 17.5 Å². The van der Waals surface area contributed by atoms with E-state index in [2.05, 4.69) is 15.1 Å². The zero-order valence-electron chi connectivity index (χ0n) is 12.2. The third-order valence-electron chi connectivity index (χ3n) is 3.97. The molecule has 0 aromatic carbocycles. The Morgan fingerprint density at radius 1 is 1.35 bits per heavy atom. The molecule has 0 spiro atoms. The zero-order valence-corrected chi connectivity index (χ0v) is 13.0. The number of ether oxygens (including phenoxy) is 1. The summed E-state index contributed by atoms with van der Waals surface area (Å²) in [7, 11) is 1.78. The number of hydrogen-bond acceptors (Lipinski definition) is 5. The van der Waals surface area contributed by atoms with Gasteiger partial charge in [-0.15, -0.1) is 5.10 Å². The fourth-order valence-electron chi connectivity index (χ4n) is 2.74. The van der Waals surface area contributed by atoms with Crippen LogP contribution < -0.4 is 0 Å². The Morgan fingerprint density at radius 2 is 2.15 bits per heavy atom. The fourth-order valence-corrected chi connectivity index (χ4v) is 3.83. The van der Waals surface area contributed by atoms with Crippen LogP contribution in [0.5, 0.6) is 0 Å². The van der Waals surface area contributed by atoms with Crippen molar-refractivity contribution in [2.45, 2.75) is 38.3 Å². The van der Waals surface area contributed by atoms with Gasteiger partial charge in [-0.05, 0) is 32.8 Å². The highest BCUT2D eigenvalue weighted by Crippen LogP contribution is 2.44. The molecule has 0 radical (unpaired) electrons. The van der Waals surface area contributed by atoms with Crippen molar-refractivity contribution in [2.75, 3.05) is 19.5 Å². The molecule has 0 bridgehead atoms. The van der Waals surface area contributed by atoms with Crippen LogP contribution in [0.15, 0.2) is 11.2 Å². The van der Waals surface area contributed by atoms with Crippen molar-refractivity contribution < 1.29 is 4.74 Å². The topological polar surface area (TPSA) is 52.3 Å². The molecule has 1 fully saturated rings. The van der Waals surface area contributed by atoms with E-state index in [1.54, 1.807) is 18.9 Å². The van der Waals surface area contributed by atoms with Gasteiger partial charge in [-0.2, -0.15) is 4.98 Å². The van der Waals surface area contributed by atoms with Crippen LogP contribution in [-0.4, -0.2) is 39.1 Å². The lowest BCUT2D eigenvalue weighted by molar-refractivity contribution is 0.0371. The molecule has 5 nitrogen and oxygen atoms in total. The van der Waals surface area contributed by atoms with E-state index in [9.17, 15) is 0 Å². The summed E-state index contributed by atoms with van der Waals surface area (Å²) in [5, 5.41) is 5.35. The Bertz CT molecular complexity index is 621. The van der Waals surface area contributed by atoms with Gasteiger partial charge >= 0.3 is 0 Å². The molecule has 6 heteroatoms. The van der Waals surface area contributed by atoms with Crippen LogP contribution >= 0.6 is 11.8 Å². The van der Waals surface area contributed by atoms with Gasteiger partial charge in [-0.1, -0.05) is 18.2 Å². The number of nitrogens with zero attached hydrogens (tertiary/aromatic N) is 4. The first-order chi connectivity index (χ1) is 9.62. The lowest BCUT2D eigenvalue weighted by Crippen LogP contribution is -2.36. The van der Waals surface area contributed by atoms with Crippen LogP contribution in [0.2, 0.25) is 0 Å². The van der Waals surface area contributed by atoms with E-state index in [1.807, 2.05) is 24.4 Å². The number of aryl methyl sites for hydroxylation is 2. The first-order valence-electron chi connectivity index (χ1n) is 6.95. The molecule has 0 N–H and O–H groups in total. The summed E-state index contributed by atoms with van der Waals surface area (Å²) in [4.78, 5) is 8.94. The highest BCUT2D eigenvalue weighted by atomic mass is 32.2. The molecule has 0 unspecified atom stereocenters. The molecule has 20 heavy (non-hydrogen) atoms. The van der Waals surface area contributed by atoms with Crippen molar-refractivity contribution in [1.82, 2.24) is 19.6 Å². The lowest BCUT2D eigenvalue weighted by atomic mass is 9.71. The summed E-state index contributed by atoms with van der Waals surface area (Å²) in [5.41, 5.74) is 2.38. The number of aromatic nitrogens is 4. The number of thioether (sulfide) groups is 1. The van der Waals surface area contributed by atoms with Gasteiger partial charge < -0.3 is 4.74 Å². The second kappa shape index (κ2) is 5.33. The molecule has 108 valence electrons. The molecule has 2 aromatic rings. The average Bonchev–Trinajstić information content (AvgIpc) is 2.75. The van der Waals surface area contributed by atoms with Crippen molar-refractivity contribution in [2.24, 2.45) is 5.41 Å². The maximum absolute atomic E-state index is 5.36. The molecule has 0 atom stereocenters. The van der Waals surface area contributed by atoms with Crippen LogP contribution in [0, 0.1) is 19.3 Å². The van der Waals surface area contributed by atoms with Gasteiger partial charge in [0.2, 0.25) is 5.16 Å². The highest BCUT2D eigenvalue weighted by molar-refractivity contribution is 7.99. The van der Waals surface area contributed by atoms with Gasteiger partial charge in [-0.3, -0.25) is 0 Å². The smallest absolute Gasteiger partial charge is 0.253 e. The van der Waals surface area contributed by atoms with Crippen LogP contribution in [-0.2, 0) is 4.74 Å². The van der Waals surface area contributed by atoms with E-state index in [0.29, 0.717) is 11.2 Å². The third kappa shape index (κ3) is 2.54. The monoisotopic (exact) mass is 292 g/mol. The molecule has 3 rings (SSSR count). The number of methoxy groups -OCH3 is 1. The van der Waals surface area contributed by atoms with Crippen molar-refractivity contribution in [1.29, 1.82) is 0 Å². The standard InChI is InChI=1S/C14H20N4OS/c1-10-7-11(2)18-12(15-10)16-13(17-18)20-9-14(8-19-3)5-4-6-14/h7H,4-6,8-9H2,1-3H3. The van der Waals surface area contributed by atoms with Crippen LogP contribution in [0.3, 0.4) is 0 Å². The van der Waals surface area contributed by atoms with Crippen molar-refractivity contribution in [3.8, 4) is 0 Å². The van der Waals surface area contributed by atoms with Gasteiger partial charge in [0.1, 0.15) is 0 Å². The molecular formula is C14H20N4OS. The second-order valence-corrected chi connectivity index (χ2v) is 6.66. The summed E-state index contributed by atoms with van der Waals surface area (Å²) in [5.74, 6) is 1.72. The number of rotatable bonds is 5. The minimum Gasteiger partial charge on any atom is -0.384 e. The van der Waals surface area contributed by atoms with Gasteiger partial charge in [0.05, 0.1) is 6.61 Å². The fraction of sp³-hybridized carbons (Fsp3) is 0.643. The van der Waals surface area contributed by atoms with E-state index in [-0.39, 0.29) is 0 Å². The van der Waals surface area contributed by atoms with Gasteiger partial charge in [0.25, 0.3) is 5.78 Å². The minimum atomic E-state index is 0.329. The zero-order chi connectivity index (χ0) is 14.2. The van der Waals surface area contributed by atoms with Gasteiger partial charge in [-0.25, -0.2) is 9.50 Å². The van der Waals surface area contributed by atoms with Gasteiger partial charge in [0.15, 0.2) is 0 Å². The SMILES string of the molecule is COCC1(CSc2nc3nc(C)cc(C)n3n2)CCC1. The Kier molecular flexibility index (Phi) is 3.69. The second-order valence-electron chi connectivity index (χ2n) is 5.72. The summed E-state index contributed by atoms with van der Waals surface area (Å²) in [6, 6.07) is 2.02. The first-order valence-corrected chi connectivity index (χ1v) is 7.93. The summed E-state index contributed by atoms with van der Waals surface area (Å²) in [6.07, 6.45) is 3.80. The van der Waals surface area contributed by atoms with E-state index >= 15 is 0 Å². The number of fused-ring (bicyclic) bond motifs is 1. The molecule has 1 aliphatic carbocycles. The molecule has 2 aromatic heterocycles. The van der Waals surface area contributed by atoms with Crippen molar-refractivity contribution in [3.63, 3.8) is 0 Å². The van der Waals surface area contributed by atoms with E-state index in [0.717, 1.165) is 28.9 Å². The maximum Gasteiger partial charge on any atom is 0.253 e.